The second-order valence-electron chi connectivity index (χ2n) is 5.75. The van der Waals surface area contributed by atoms with Gasteiger partial charge < -0.3 is 9.73 Å². The minimum atomic E-state index is -3.35. The molecule has 2 aromatic carbocycles. The van der Waals surface area contributed by atoms with Gasteiger partial charge in [-0.25, -0.2) is 8.42 Å². The number of benzene rings is 2. The van der Waals surface area contributed by atoms with Crippen LogP contribution in [-0.4, -0.2) is 20.1 Å². The van der Waals surface area contributed by atoms with Gasteiger partial charge in [-0.05, 0) is 55.0 Å². The Morgan fingerprint density at radius 1 is 1.08 bits per heavy atom. The lowest BCUT2D eigenvalue weighted by atomic mass is 10.2. The number of hydrogen-bond donors (Lipinski definition) is 2. The van der Waals surface area contributed by atoms with E-state index in [0.717, 1.165) is 5.39 Å². The number of carbonyl (C=O) groups excluding carboxylic acids is 1. The van der Waals surface area contributed by atoms with Crippen molar-refractivity contribution in [2.45, 2.75) is 13.3 Å². The van der Waals surface area contributed by atoms with Crippen LogP contribution in [0.25, 0.3) is 11.0 Å². The minimum absolute atomic E-state index is 0.0571. The van der Waals surface area contributed by atoms with E-state index in [-0.39, 0.29) is 11.5 Å². The molecule has 0 atom stereocenters. The predicted molar refractivity (Wildman–Crippen MR) is 103 cm³/mol. The van der Waals surface area contributed by atoms with E-state index < -0.39 is 15.9 Å². The molecular formula is C18H17ClN2O4S. The lowest BCUT2D eigenvalue weighted by Gasteiger charge is -2.08. The normalized spacial score (nSPS) is 11.5. The summed E-state index contributed by atoms with van der Waals surface area (Å²) in [7, 11) is -3.35. The van der Waals surface area contributed by atoms with Crippen LogP contribution in [0, 0.1) is 0 Å². The highest BCUT2D eigenvalue weighted by atomic mass is 35.5. The summed E-state index contributed by atoms with van der Waals surface area (Å²) in [4.78, 5) is 12.3. The standard InChI is InChI=1S/C18H17ClN2O4S/c1-2-9-26(23,24)21-15-6-4-14(5-7-15)20-18(22)17-11-12-10-13(19)3-8-16(12)25-17/h3-8,10-11,21H,2,9H2,1H3,(H,20,22). The lowest BCUT2D eigenvalue weighted by Crippen LogP contribution is -2.16. The zero-order chi connectivity index (χ0) is 18.7. The number of nitrogens with one attached hydrogen (secondary N) is 2. The molecule has 0 aliphatic carbocycles. The zero-order valence-electron chi connectivity index (χ0n) is 14.0. The van der Waals surface area contributed by atoms with Crippen molar-refractivity contribution in [3.63, 3.8) is 0 Å². The zero-order valence-corrected chi connectivity index (χ0v) is 15.5. The highest BCUT2D eigenvalue weighted by molar-refractivity contribution is 7.92. The molecule has 0 aliphatic heterocycles. The largest absolute Gasteiger partial charge is 0.451 e. The molecule has 1 heterocycles. The average molecular weight is 393 g/mol. The summed E-state index contributed by atoms with van der Waals surface area (Å²) in [6.45, 7) is 1.80. The molecule has 26 heavy (non-hydrogen) atoms. The molecule has 0 spiro atoms. The maximum absolute atomic E-state index is 12.3. The number of sulfonamides is 1. The number of rotatable bonds is 6. The van der Waals surface area contributed by atoms with Crippen LogP contribution < -0.4 is 10.0 Å². The third-order valence-corrected chi connectivity index (χ3v) is 5.32. The van der Waals surface area contributed by atoms with Crippen molar-refractivity contribution in [1.82, 2.24) is 0 Å². The molecule has 0 unspecified atom stereocenters. The summed E-state index contributed by atoms with van der Waals surface area (Å²) in [6.07, 6.45) is 0.534. The third-order valence-electron chi connectivity index (χ3n) is 3.59. The predicted octanol–water partition coefficient (Wildman–Crippen LogP) is 4.49. The molecular weight excluding hydrogens is 376 g/mol. The van der Waals surface area contributed by atoms with Gasteiger partial charge in [-0.2, -0.15) is 0 Å². The molecule has 0 saturated heterocycles. The number of halogens is 1. The molecule has 3 rings (SSSR count). The van der Waals surface area contributed by atoms with E-state index in [0.29, 0.717) is 28.4 Å². The molecule has 0 radical (unpaired) electrons. The second-order valence-corrected chi connectivity index (χ2v) is 8.02. The van der Waals surface area contributed by atoms with Crippen molar-refractivity contribution in [1.29, 1.82) is 0 Å². The van der Waals surface area contributed by atoms with E-state index in [4.69, 9.17) is 16.0 Å². The lowest BCUT2D eigenvalue weighted by molar-refractivity contribution is 0.0998. The summed E-state index contributed by atoms with van der Waals surface area (Å²) >= 11 is 5.93. The van der Waals surface area contributed by atoms with Crippen LogP contribution in [0.1, 0.15) is 23.9 Å². The molecule has 0 fully saturated rings. The minimum Gasteiger partial charge on any atom is -0.451 e. The van der Waals surface area contributed by atoms with Gasteiger partial charge in [-0.3, -0.25) is 9.52 Å². The fraction of sp³-hybridized carbons (Fsp3) is 0.167. The highest BCUT2D eigenvalue weighted by Crippen LogP contribution is 2.24. The van der Waals surface area contributed by atoms with Crippen LogP contribution in [0.3, 0.4) is 0 Å². The molecule has 0 aliphatic rings. The van der Waals surface area contributed by atoms with Crippen molar-refractivity contribution in [3.8, 4) is 0 Å². The molecule has 0 bridgehead atoms. The van der Waals surface area contributed by atoms with E-state index in [2.05, 4.69) is 10.0 Å². The quantitative estimate of drug-likeness (QED) is 0.646. The van der Waals surface area contributed by atoms with Gasteiger partial charge in [-0.15, -0.1) is 0 Å². The first-order valence-corrected chi connectivity index (χ1v) is 10.0. The smallest absolute Gasteiger partial charge is 0.291 e. The summed E-state index contributed by atoms with van der Waals surface area (Å²) in [5.74, 6) is -0.187. The van der Waals surface area contributed by atoms with E-state index in [1.54, 1.807) is 55.5 Å². The Balaban J connectivity index is 1.70. The molecule has 8 heteroatoms. The first-order valence-electron chi connectivity index (χ1n) is 7.97. The van der Waals surface area contributed by atoms with Crippen LogP contribution >= 0.6 is 11.6 Å². The van der Waals surface area contributed by atoms with E-state index in [1.807, 2.05) is 0 Å². The number of amides is 1. The SMILES string of the molecule is CCCS(=O)(=O)Nc1ccc(NC(=O)c2cc3cc(Cl)ccc3o2)cc1. The fourth-order valence-electron chi connectivity index (χ4n) is 2.44. The average Bonchev–Trinajstić information content (AvgIpc) is 2.99. The van der Waals surface area contributed by atoms with E-state index in [1.165, 1.54) is 0 Å². The first kappa shape index (κ1) is 18.3. The summed E-state index contributed by atoms with van der Waals surface area (Å²) in [5.41, 5.74) is 1.53. The summed E-state index contributed by atoms with van der Waals surface area (Å²) < 4.78 is 31.5. The fourth-order valence-corrected chi connectivity index (χ4v) is 3.75. The van der Waals surface area contributed by atoms with Gasteiger partial charge in [0.1, 0.15) is 5.58 Å². The number of fused-ring (bicyclic) bond motifs is 1. The van der Waals surface area contributed by atoms with Crippen molar-refractivity contribution in [2.75, 3.05) is 15.8 Å². The maximum atomic E-state index is 12.3. The Bertz CT molecular complexity index is 1040. The highest BCUT2D eigenvalue weighted by Gasteiger charge is 2.13. The van der Waals surface area contributed by atoms with Crippen molar-refractivity contribution >= 4 is 49.9 Å². The number of hydrogen-bond acceptors (Lipinski definition) is 4. The van der Waals surface area contributed by atoms with Crippen LogP contribution in [0.5, 0.6) is 0 Å². The topological polar surface area (TPSA) is 88.4 Å². The van der Waals surface area contributed by atoms with Gasteiger partial charge in [0.15, 0.2) is 5.76 Å². The monoisotopic (exact) mass is 392 g/mol. The van der Waals surface area contributed by atoms with Crippen molar-refractivity contribution < 1.29 is 17.6 Å². The van der Waals surface area contributed by atoms with Crippen molar-refractivity contribution in [3.05, 3.63) is 59.3 Å². The molecule has 1 aromatic heterocycles. The molecule has 136 valence electrons. The first-order chi connectivity index (χ1) is 12.4. The molecule has 6 nitrogen and oxygen atoms in total. The van der Waals surface area contributed by atoms with Gasteiger partial charge in [-0.1, -0.05) is 18.5 Å². The van der Waals surface area contributed by atoms with Crippen LogP contribution in [0.2, 0.25) is 5.02 Å². The molecule has 1 amide bonds. The Hall–Kier alpha value is -2.51. The second kappa shape index (κ2) is 7.39. The van der Waals surface area contributed by atoms with E-state index in [9.17, 15) is 13.2 Å². The number of anilines is 2. The van der Waals surface area contributed by atoms with Gasteiger partial charge in [0.05, 0.1) is 5.75 Å². The Kier molecular flexibility index (Phi) is 5.20. The molecule has 3 aromatic rings. The third kappa shape index (κ3) is 4.36. The van der Waals surface area contributed by atoms with Crippen molar-refractivity contribution in [2.24, 2.45) is 0 Å². The van der Waals surface area contributed by atoms with Gasteiger partial charge in [0, 0.05) is 21.8 Å². The van der Waals surface area contributed by atoms with Crippen LogP contribution in [0.4, 0.5) is 11.4 Å². The summed E-state index contributed by atoms with van der Waals surface area (Å²) in [6, 6.07) is 13.1. The van der Waals surface area contributed by atoms with Crippen LogP contribution in [-0.2, 0) is 10.0 Å². The molecule has 2 N–H and O–H groups in total. The Morgan fingerprint density at radius 2 is 1.77 bits per heavy atom. The van der Waals surface area contributed by atoms with Gasteiger partial charge in [0.25, 0.3) is 5.91 Å². The Labute approximate surface area is 156 Å². The van der Waals surface area contributed by atoms with E-state index >= 15 is 0 Å². The number of carbonyl (C=O) groups is 1. The van der Waals surface area contributed by atoms with Gasteiger partial charge in [0.2, 0.25) is 10.0 Å². The van der Waals surface area contributed by atoms with Gasteiger partial charge >= 0.3 is 0 Å². The maximum Gasteiger partial charge on any atom is 0.291 e. The Morgan fingerprint density at radius 3 is 2.46 bits per heavy atom. The number of furan rings is 1. The van der Waals surface area contributed by atoms with Crippen LogP contribution in [0.15, 0.2) is 52.9 Å². The molecule has 0 saturated carbocycles. The summed E-state index contributed by atoms with van der Waals surface area (Å²) in [5, 5.41) is 4.01.